The van der Waals surface area contributed by atoms with Gasteiger partial charge in [0, 0.05) is 19.2 Å². The fourth-order valence-electron chi connectivity index (χ4n) is 2.05. The molecule has 1 saturated heterocycles. The number of hydrogen-bond acceptors (Lipinski definition) is 4. The third kappa shape index (κ3) is 3.44. The fourth-order valence-corrected chi connectivity index (χ4v) is 3.19. The summed E-state index contributed by atoms with van der Waals surface area (Å²) < 4.78 is 58.0. The van der Waals surface area contributed by atoms with Gasteiger partial charge in [-0.3, -0.25) is 0 Å². The van der Waals surface area contributed by atoms with Crippen molar-refractivity contribution in [2.45, 2.75) is 30.3 Å². The first-order valence-corrected chi connectivity index (χ1v) is 7.74. The molecule has 1 aromatic rings. The molecule has 1 aromatic carbocycles. The topological polar surface area (TPSA) is 81.4 Å². The molecule has 3 N–H and O–H groups in total. The van der Waals surface area contributed by atoms with Gasteiger partial charge in [0.2, 0.25) is 10.0 Å². The van der Waals surface area contributed by atoms with Gasteiger partial charge in [-0.15, -0.1) is 0 Å². The first-order chi connectivity index (χ1) is 9.40. The van der Waals surface area contributed by atoms with E-state index in [-0.39, 0.29) is 12.6 Å². The second-order valence-electron chi connectivity index (χ2n) is 4.63. The molecule has 8 heteroatoms. The number of hydrogen-bond donors (Lipinski definition) is 2. The van der Waals surface area contributed by atoms with Gasteiger partial charge in [-0.05, 0) is 25.3 Å². The summed E-state index contributed by atoms with van der Waals surface area (Å²) in [6, 6.07) is 1.24. The molecule has 112 valence electrons. The number of rotatable bonds is 5. The van der Waals surface area contributed by atoms with E-state index < -0.39 is 32.2 Å². The molecule has 0 spiro atoms. The first kappa shape index (κ1) is 15.1. The van der Waals surface area contributed by atoms with E-state index >= 15 is 0 Å². The van der Waals surface area contributed by atoms with E-state index in [1.165, 1.54) is 0 Å². The Morgan fingerprint density at radius 1 is 1.35 bits per heavy atom. The Bertz CT molecular complexity index is 587. The Kier molecular flexibility index (Phi) is 4.56. The average Bonchev–Trinajstić information content (AvgIpc) is 2.86. The largest absolute Gasteiger partial charge is 0.396 e. The van der Waals surface area contributed by atoms with Crippen LogP contribution >= 0.6 is 0 Å². The Balaban J connectivity index is 2.04. The maximum Gasteiger partial charge on any atom is 0.243 e. The van der Waals surface area contributed by atoms with Crippen molar-refractivity contribution in [2.24, 2.45) is 0 Å². The van der Waals surface area contributed by atoms with Crippen LogP contribution in [0.5, 0.6) is 0 Å². The summed E-state index contributed by atoms with van der Waals surface area (Å²) in [5, 5.41) is 0. The van der Waals surface area contributed by atoms with E-state index in [0.717, 1.165) is 18.9 Å². The number of nitrogen functional groups attached to an aromatic ring is 1. The Labute approximate surface area is 116 Å². The van der Waals surface area contributed by atoms with Crippen molar-refractivity contribution in [1.29, 1.82) is 0 Å². The van der Waals surface area contributed by atoms with Crippen LogP contribution in [0.2, 0.25) is 0 Å². The van der Waals surface area contributed by atoms with Gasteiger partial charge in [0.1, 0.15) is 16.5 Å². The van der Waals surface area contributed by atoms with Gasteiger partial charge in [-0.2, -0.15) is 0 Å². The zero-order valence-electron chi connectivity index (χ0n) is 10.7. The molecule has 0 saturated carbocycles. The Morgan fingerprint density at radius 2 is 2.10 bits per heavy atom. The zero-order valence-corrected chi connectivity index (χ0v) is 11.6. The number of nitrogens with one attached hydrogen (secondary N) is 1. The SMILES string of the molecule is Nc1cc(S(=O)(=O)NCCC2CCCO2)c(F)cc1F. The van der Waals surface area contributed by atoms with Crippen LogP contribution in [0.3, 0.4) is 0 Å². The van der Waals surface area contributed by atoms with E-state index in [1.54, 1.807) is 0 Å². The van der Waals surface area contributed by atoms with Crippen LogP contribution in [0.1, 0.15) is 19.3 Å². The Morgan fingerprint density at radius 3 is 2.75 bits per heavy atom. The second-order valence-corrected chi connectivity index (χ2v) is 6.36. The molecule has 0 amide bonds. The average molecular weight is 306 g/mol. The van der Waals surface area contributed by atoms with Gasteiger partial charge < -0.3 is 10.5 Å². The van der Waals surface area contributed by atoms with Gasteiger partial charge in [0.05, 0.1) is 11.8 Å². The van der Waals surface area contributed by atoms with E-state index in [2.05, 4.69) is 4.72 Å². The van der Waals surface area contributed by atoms with Gasteiger partial charge in [0.25, 0.3) is 0 Å². The Hall–Kier alpha value is -1.25. The van der Waals surface area contributed by atoms with Crippen molar-refractivity contribution in [3.63, 3.8) is 0 Å². The molecule has 20 heavy (non-hydrogen) atoms. The van der Waals surface area contributed by atoms with Crippen molar-refractivity contribution >= 4 is 15.7 Å². The molecule has 1 aliphatic rings. The minimum Gasteiger partial charge on any atom is -0.396 e. The quantitative estimate of drug-likeness (QED) is 0.806. The number of sulfonamides is 1. The highest BCUT2D eigenvalue weighted by molar-refractivity contribution is 7.89. The van der Waals surface area contributed by atoms with Crippen molar-refractivity contribution in [3.05, 3.63) is 23.8 Å². The number of benzene rings is 1. The molecule has 1 heterocycles. The first-order valence-electron chi connectivity index (χ1n) is 6.26. The van der Waals surface area contributed by atoms with Gasteiger partial charge >= 0.3 is 0 Å². The lowest BCUT2D eigenvalue weighted by Crippen LogP contribution is -2.28. The number of nitrogens with two attached hydrogens (primary N) is 1. The molecular weight excluding hydrogens is 290 g/mol. The van der Waals surface area contributed by atoms with E-state index in [9.17, 15) is 17.2 Å². The molecule has 0 aromatic heterocycles. The molecule has 2 rings (SSSR count). The van der Waals surface area contributed by atoms with Gasteiger partial charge in [-0.25, -0.2) is 21.9 Å². The van der Waals surface area contributed by atoms with Gasteiger partial charge in [-0.1, -0.05) is 0 Å². The van der Waals surface area contributed by atoms with Crippen LogP contribution < -0.4 is 10.5 Å². The lowest BCUT2D eigenvalue weighted by molar-refractivity contribution is 0.105. The summed E-state index contributed by atoms with van der Waals surface area (Å²) in [4.78, 5) is -0.649. The lowest BCUT2D eigenvalue weighted by atomic mass is 10.2. The molecule has 1 atom stereocenters. The van der Waals surface area contributed by atoms with Crippen LogP contribution in [-0.2, 0) is 14.8 Å². The zero-order chi connectivity index (χ0) is 14.8. The molecule has 1 aliphatic heterocycles. The highest BCUT2D eigenvalue weighted by Crippen LogP contribution is 2.21. The maximum atomic E-state index is 13.5. The van der Waals surface area contributed by atoms with Crippen molar-refractivity contribution in [3.8, 4) is 0 Å². The summed E-state index contributed by atoms with van der Waals surface area (Å²) in [6.07, 6.45) is 2.39. The van der Waals surface area contributed by atoms with Crippen LogP contribution in [0, 0.1) is 11.6 Å². The molecule has 1 unspecified atom stereocenters. The summed E-state index contributed by atoms with van der Waals surface area (Å²) in [6.45, 7) is 0.810. The number of ether oxygens (including phenoxy) is 1. The number of anilines is 1. The van der Waals surface area contributed by atoms with Crippen molar-refractivity contribution in [1.82, 2.24) is 4.72 Å². The van der Waals surface area contributed by atoms with Crippen LogP contribution in [0.15, 0.2) is 17.0 Å². The highest BCUT2D eigenvalue weighted by atomic mass is 32.2. The standard InChI is InChI=1S/C12H16F2N2O3S/c13-9-6-10(14)12(7-11(9)15)20(17,18)16-4-3-8-2-1-5-19-8/h6-8,16H,1-5,15H2. The molecular formula is C12H16F2N2O3S. The van der Waals surface area contributed by atoms with Crippen molar-refractivity contribution in [2.75, 3.05) is 18.9 Å². The van der Waals surface area contributed by atoms with E-state index in [0.29, 0.717) is 19.1 Å². The highest BCUT2D eigenvalue weighted by Gasteiger charge is 2.22. The van der Waals surface area contributed by atoms with Crippen LogP contribution in [0.25, 0.3) is 0 Å². The predicted octanol–water partition coefficient (Wildman–Crippen LogP) is 1.39. The summed E-state index contributed by atoms with van der Waals surface area (Å²) >= 11 is 0. The predicted molar refractivity (Wildman–Crippen MR) is 69.5 cm³/mol. The minimum absolute atomic E-state index is 0.0286. The molecule has 5 nitrogen and oxygen atoms in total. The summed E-state index contributed by atoms with van der Waals surface area (Å²) in [7, 11) is -4.05. The summed E-state index contributed by atoms with van der Waals surface area (Å²) in [5.74, 6) is -2.15. The summed E-state index contributed by atoms with van der Waals surface area (Å²) in [5.41, 5.74) is 4.85. The lowest BCUT2D eigenvalue weighted by Gasteiger charge is -2.11. The number of halogens is 2. The minimum atomic E-state index is -4.05. The molecule has 0 radical (unpaired) electrons. The van der Waals surface area contributed by atoms with Crippen molar-refractivity contribution < 1.29 is 21.9 Å². The fraction of sp³-hybridized carbons (Fsp3) is 0.500. The monoisotopic (exact) mass is 306 g/mol. The van der Waals surface area contributed by atoms with Crippen LogP contribution in [0.4, 0.5) is 14.5 Å². The normalized spacial score (nSPS) is 19.4. The third-order valence-corrected chi connectivity index (χ3v) is 4.60. The smallest absolute Gasteiger partial charge is 0.243 e. The molecule has 0 bridgehead atoms. The van der Waals surface area contributed by atoms with E-state index in [1.807, 2.05) is 0 Å². The van der Waals surface area contributed by atoms with Gasteiger partial charge in [0.15, 0.2) is 0 Å². The molecule has 1 fully saturated rings. The van der Waals surface area contributed by atoms with E-state index in [4.69, 9.17) is 10.5 Å². The molecule has 0 aliphatic carbocycles. The second kappa shape index (κ2) is 6.02. The van der Waals surface area contributed by atoms with Crippen LogP contribution in [-0.4, -0.2) is 27.7 Å². The third-order valence-electron chi connectivity index (χ3n) is 3.12. The maximum absolute atomic E-state index is 13.5.